The minimum atomic E-state index is -0.881. The highest BCUT2D eigenvalue weighted by Gasteiger charge is 2.22. The second-order valence-electron chi connectivity index (χ2n) is 5.63. The van der Waals surface area contributed by atoms with Crippen LogP contribution < -0.4 is 10.2 Å². The van der Waals surface area contributed by atoms with Gasteiger partial charge < -0.3 is 15.1 Å². The first-order chi connectivity index (χ1) is 11.9. The van der Waals surface area contributed by atoms with E-state index in [4.69, 9.17) is 23.2 Å². The molecule has 0 atom stereocenters. The first-order valence-electron chi connectivity index (χ1n) is 7.65. The SMILES string of the molecule is O=C(Nc1cc(Cl)ccc1Cl)N1CCN(c2ccc(F)c(F)c2)CC1. The van der Waals surface area contributed by atoms with E-state index in [0.717, 1.165) is 12.1 Å². The van der Waals surface area contributed by atoms with E-state index in [1.54, 1.807) is 23.1 Å². The lowest BCUT2D eigenvalue weighted by Crippen LogP contribution is -2.50. The summed E-state index contributed by atoms with van der Waals surface area (Å²) in [6.07, 6.45) is 0. The number of benzene rings is 2. The maximum absolute atomic E-state index is 13.4. The summed E-state index contributed by atoms with van der Waals surface area (Å²) in [5.41, 5.74) is 1.04. The number of urea groups is 1. The van der Waals surface area contributed by atoms with Crippen LogP contribution in [0.2, 0.25) is 10.0 Å². The summed E-state index contributed by atoms with van der Waals surface area (Å²) in [5.74, 6) is -1.76. The van der Waals surface area contributed by atoms with Crippen molar-refractivity contribution >= 4 is 40.6 Å². The third-order valence-electron chi connectivity index (χ3n) is 4.01. The Kier molecular flexibility index (Phi) is 5.30. The standard InChI is InChI=1S/C17H15Cl2F2N3O/c18-11-1-3-13(19)16(9-11)22-17(25)24-7-5-23(6-8-24)12-2-4-14(20)15(21)10-12/h1-4,9-10H,5-8H2,(H,22,25). The second kappa shape index (κ2) is 7.45. The number of rotatable bonds is 2. The molecule has 0 saturated carbocycles. The summed E-state index contributed by atoms with van der Waals surface area (Å²) in [7, 11) is 0. The molecule has 0 radical (unpaired) electrons. The highest BCUT2D eigenvalue weighted by Crippen LogP contribution is 2.26. The van der Waals surface area contributed by atoms with Gasteiger partial charge in [-0.2, -0.15) is 0 Å². The number of anilines is 2. The topological polar surface area (TPSA) is 35.6 Å². The van der Waals surface area contributed by atoms with E-state index in [2.05, 4.69) is 5.32 Å². The van der Waals surface area contributed by atoms with E-state index in [1.165, 1.54) is 6.07 Å². The molecule has 1 N–H and O–H groups in total. The molecule has 2 amide bonds. The molecule has 0 aliphatic carbocycles. The van der Waals surface area contributed by atoms with Gasteiger partial charge in [0.05, 0.1) is 10.7 Å². The Morgan fingerprint density at radius 2 is 1.68 bits per heavy atom. The first kappa shape index (κ1) is 17.8. The number of hydrogen-bond acceptors (Lipinski definition) is 2. The van der Waals surface area contributed by atoms with Gasteiger partial charge in [-0.25, -0.2) is 13.6 Å². The summed E-state index contributed by atoms with van der Waals surface area (Å²) in [4.78, 5) is 15.9. The first-order valence-corrected chi connectivity index (χ1v) is 8.40. The zero-order valence-electron chi connectivity index (χ0n) is 13.1. The number of halogens is 4. The Morgan fingerprint density at radius 1 is 0.960 bits per heavy atom. The van der Waals surface area contributed by atoms with Crippen molar-refractivity contribution in [2.75, 3.05) is 36.4 Å². The molecule has 4 nitrogen and oxygen atoms in total. The van der Waals surface area contributed by atoms with Gasteiger partial charge >= 0.3 is 6.03 Å². The van der Waals surface area contributed by atoms with E-state index in [1.807, 2.05) is 4.90 Å². The number of piperazine rings is 1. The number of nitrogens with one attached hydrogen (secondary N) is 1. The van der Waals surface area contributed by atoms with Crippen molar-refractivity contribution in [2.24, 2.45) is 0 Å². The van der Waals surface area contributed by atoms with Crippen LogP contribution in [0.3, 0.4) is 0 Å². The van der Waals surface area contributed by atoms with Crippen molar-refractivity contribution in [3.63, 3.8) is 0 Å². The molecule has 2 aromatic carbocycles. The number of nitrogens with zero attached hydrogens (tertiary/aromatic N) is 2. The van der Waals surface area contributed by atoms with Gasteiger partial charge in [0.25, 0.3) is 0 Å². The highest BCUT2D eigenvalue weighted by atomic mass is 35.5. The van der Waals surface area contributed by atoms with Crippen LogP contribution in [-0.4, -0.2) is 37.1 Å². The van der Waals surface area contributed by atoms with Crippen LogP contribution in [-0.2, 0) is 0 Å². The predicted molar refractivity (Wildman–Crippen MR) is 95.6 cm³/mol. The third kappa shape index (κ3) is 4.14. The number of carbonyl (C=O) groups excluding carboxylic acids is 1. The van der Waals surface area contributed by atoms with Crippen LogP contribution in [0.4, 0.5) is 25.0 Å². The van der Waals surface area contributed by atoms with Crippen LogP contribution in [0.1, 0.15) is 0 Å². The minimum Gasteiger partial charge on any atom is -0.368 e. The van der Waals surface area contributed by atoms with Crippen molar-refractivity contribution in [3.8, 4) is 0 Å². The molecule has 25 heavy (non-hydrogen) atoms. The summed E-state index contributed by atoms with van der Waals surface area (Å²) >= 11 is 12.0. The zero-order valence-corrected chi connectivity index (χ0v) is 14.6. The molecule has 132 valence electrons. The van der Waals surface area contributed by atoms with Crippen LogP contribution in [0.25, 0.3) is 0 Å². The van der Waals surface area contributed by atoms with E-state index in [-0.39, 0.29) is 6.03 Å². The average Bonchev–Trinajstić information content (AvgIpc) is 2.60. The maximum Gasteiger partial charge on any atom is 0.322 e. The summed E-state index contributed by atoms with van der Waals surface area (Å²) in [6.45, 7) is 1.93. The molecule has 0 aromatic heterocycles. The Morgan fingerprint density at radius 3 is 2.36 bits per heavy atom. The van der Waals surface area contributed by atoms with E-state index in [0.29, 0.717) is 47.6 Å². The molecule has 1 heterocycles. The van der Waals surface area contributed by atoms with Gasteiger partial charge in [-0.15, -0.1) is 0 Å². The molecule has 8 heteroatoms. The maximum atomic E-state index is 13.4. The monoisotopic (exact) mass is 385 g/mol. The fourth-order valence-electron chi connectivity index (χ4n) is 2.64. The normalized spacial score (nSPS) is 14.6. The summed E-state index contributed by atoms with van der Waals surface area (Å²) in [5, 5.41) is 3.61. The third-order valence-corrected chi connectivity index (χ3v) is 4.57. The fourth-order valence-corrected chi connectivity index (χ4v) is 2.97. The number of amides is 2. The Hall–Kier alpha value is -2.05. The zero-order chi connectivity index (χ0) is 18.0. The van der Waals surface area contributed by atoms with E-state index >= 15 is 0 Å². The Labute approximate surface area is 153 Å². The fraction of sp³-hybridized carbons (Fsp3) is 0.235. The quantitative estimate of drug-likeness (QED) is 0.817. The number of hydrogen-bond donors (Lipinski definition) is 1. The highest BCUT2D eigenvalue weighted by molar-refractivity contribution is 6.35. The van der Waals surface area contributed by atoms with Crippen LogP contribution >= 0.6 is 23.2 Å². The molecule has 1 aliphatic heterocycles. The lowest BCUT2D eigenvalue weighted by molar-refractivity contribution is 0.208. The predicted octanol–water partition coefficient (Wildman–Crippen LogP) is 4.63. The summed E-state index contributed by atoms with van der Waals surface area (Å²) < 4.78 is 26.4. The van der Waals surface area contributed by atoms with Gasteiger partial charge in [0.1, 0.15) is 0 Å². The molecule has 0 unspecified atom stereocenters. The molecule has 1 saturated heterocycles. The molecular formula is C17H15Cl2F2N3O. The van der Waals surface area contributed by atoms with Crippen molar-refractivity contribution in [2.45, 2.75) is 0 Å². The van der Waals surface area contributed by atoms with Gasteiger partial charge in [0, 0.05) is 43.0 Å². The van der Waals surface area contributed by atoms with Crippen molar-refractivity contribution < 1.29 is 13.6 Å². The molecule has 0 spiro atoms. The van der Waals surface area contributed by atoms with Gasteiger partial charge in [-0.05, 0) is 30.3 Å². The molecule has 0 bridgehead atoms. The molecular weight excluding hydrogens is 371 g/mol. The lowest BCUT2D eigenvalue weighted by Gasteiger charge is -2.36. The average molecular weight is 386 g/mol. The second-order valence-corrected chi connectivity index (χ2v) is 6.47. The van der Waals surface area contributed by atoms with Crippen LogP contribution in [0, 0.1) is 11.6 Å². The van der Waals surface area contributed by atoms with Crippen molar-refractivity contribution in [3.05, 3.63) is 58.1 Å². The largest absolute Gasteiger partial charge is 0.368 e. The summed E-state index contributed by atoms with van der Waals surface area (Å²) in [6, 6.07) is 8.34. The van der Waals surface area contributed by atoms with E-state index < -0.39 is 11.6 Å². The Balaban J connectivity index is 1.60. The van der Waals surface area contributed by atoms with Crippen LogP contribution in [0.15, 0.2) is 36.4 Å². The van der Waals surface area contributed by atoms with Gasteiger partial charge in [0.2, 0.25) is 0 Å². The minimum absolute atomic E-state index is 0.283. The molecule has 2 aromatic rings. The smallest absolute Gasteiger partial charge is 0.322 e. The van der Waals surface area contributed by atoms with Gasteiger partial charge in [-0.1, -0.05) is 23.2 Å². The van der Waals surface area contributed by atoms with Crippen molar-refractivity contribution in [1.29, 1.82) is 0 Å². The number of carbonyl (C=O) groups is 1. The lowest BCUT2D eigenvalue weighted by atomic mass is 10.2. The van der Waals surface area contributed by atoms with Crippen molar-refractivity contribution in [1.82, 2.24) is 4.90 Å². The van der Waals surface area contributed by atoms with Gasteiger partial charge in [0.15, 0.2) is 11.6 Å². The molecule has 3 rings (SSSR count). The molecule has 1 aliphatic rings. The van der Waals surface area contributed by atoms with E-state index in [9.17, 15) is 13.6 Å². The van der Waals surface area contributed by atoms with Crippen LogP contribution in [0.5, 0.6) is 0 Å². The molecule has 1 fully saturated rings. The Bertz CT molecular complexity index is 795. The van der Waals surface area contributed by atoms with Gasteiger partial charge in [-0.3, -0.25) is 0 Å².